The van der Waals surface area contributed by atoms with Crippen LogP contribution < -0.4 is 5.32 Å². The largest absolute Gasteiger partial charge is 0.356 e. The average Bonchev–Trinajstić information content (AvgIpc) is 3.33. The molecule has 5 nitrogen and oxygen atoms in total. The summed E-state index contributed by atoms with van der Waals surface area (Å²) in [7, 11) is 0. The quantitative estimate of drug-likeness (QED) is 0.693. The number of rotatable bonds is 7. The van der Waals surface area contributed by atoms with E-state index >= 15 is 0 Å². The van der Waals surface area contributed by atoms with Crippen LogP contribution in [0.3, 0.4) is 0 Å². The van der Waals surface area contributed by atoms with E-state index in [1.54, 1.807) is 6.20 Å². The molecule has 2 aliphatic rings. The molecule has 1 aromatic carbocycles. The highest BCUT2D eigenvalue weighted by molar-refractivity contribution is 5.85. The van der Waals surface area contributed by atoms with Crippen LogP contribution >= 0.6 is 0 Å². The van der Waals surface area contributed by atoms with E-state index in [0.717, 1.165) is 36.1 Å². The molecule has 0 bridgehead atoms. The van der Waals surface area contributed by atoms with Crippen LogP contribution in [-0.2, 0) is 16.0 Å². The molecule has 1 saturated heterocycles. The molecular formula is C27H35N3O2. The Balaban J connectivity index is 1.60. The SMILES string of the molecule is CCNC(=O)[C@]1(Cc2ccccc2-c2cccnc2)CCCN(C(=O)CC2CCCC2)C1. The van der Waals surface area contributed by atoms with Gasteiger partial charge in [-0.05, 0) is 62.1 Å². The number of likely N-dealkylation sites (tertiary alicyclic amines) is 1. The van der Waals surface area contributed by atoms with Gasteiger partial charge in [0.1, 0.15) is 0 Å². The van der Waals surface area contributed by atoms with Crippen LogP contribution in [0.2, 0.25) is 0 Å². The second-order valence-electron chi connectivity index (χ2n) is 9.49. The summed E-state index contributed by atoms with van der Waals surface area (Å²) < 4.78 is 0. The summed E-state index contributed by atoms with van der Waals surface area (Å²) in [5, 5.41) is 3.08. The molecule has 1 aliphatic carbocycles. The van der Waals surface area contributed by atoms with Gasteiger partial charge in [0.25, 0.3) is 0 Å². The minimum absolute atomic E-state index is 0.0688. The van der Waals surface area contributed by atoms with Crippen molar-refractivity contribution in [3.63, 3.8) is 0 Å². The third-order valence-electron chi connectivity index (χ3n) is 7.21. The van der Waals surface area contributed by atoms with Crippen LogP contribution in [0, 0.1) is 11.3 Å². The standard InChI is InChI=1S/C27H35N3O2/c1-2-29-26(32)27(14-8-16-30(20-27)25(31)17-21-9-3-4-10-21)18-22-11-5-6-13-24(22)23-12-7-15-28-19-23/h5-7,11-13,15,19,21H,2-4,8-10,14,16-18,20H2,1H3,(H,29,32)/t27-/m0/s1. The van der Waals surface area contributed by atoms with Gasteiger partial charge < -0.3 is 10.2 Å². The zero-order valence-electron chi connectivity index (χ0n) is 19.2. The van der Waals surface area contributed by atoms with Gasteiger partial charge in [-0.15, -0.1) is 0 Å². The van der Waals surface area contributed by atoms with Gasteiger partial charge in [0.2, 0.25) is 11.8 Å². The molecule has 1 N–H and O–H groups in total. The Labute approximate surface area is 191 Å². The highest BCUT2D eigenvalue weighted by atomic mass is 16.2. The molecule has 1 saturated carbocycles. The van der Waals surface area contributed by atoms with Crippen molar-refractivity contribution in [2.45, 2.75) is 58.3 Å². The molecule has 1 aliphatic heterocycles. The summed E-state index contributed by atoms with van der Waals surface area (Å²) in [6.45, 7) is 3.82. The first kappa shape index (κ1) is 22.5. The minimum atomic E-state index is -0.599. The average molecular weight is 434 g/mol. The van der Waals surface area contributed by atoms with Crippen molar-refractivity contribution in [1.82, 2.24) is 15.2 Å². The van der Waals surface area contributed by atoms with Crippen LogP contribution in [0.5, 0.6) is 0 Å². The maximum atomic E-state index is 13.4. The Morgan fingerprint density at radius 3 is 2.69 bits per heavy atom. The van der Waals surface area contributed by atoms with E-state index in [2.05, 4.69) is 28.5 Å². The summed E-state index contributed by atoms with van der Waals surface area (Å²) in [5.41, 5.74) is 2.70. The molecule has 2 amide bonds. The highest BCUT2D eigenvalue weighted by Gasteiger charge is 2.43. The molecule has 2 heterocycles. The fourth-order valence-corrected chi connectivity index (χ4v) is 5.54. The summed E-state index contributed by atoms with van der Waals surface area (Å²) in [5.74, 6) is 0.819. The van der Waals surface area contributed by atoms with Crippen LogP contribution in [0.25, 0.3) is 11.1 Å². The lowest BCUT2D eigenvalue weighted by Gasteiger charge is -2.42. The fourth-order valence-electron chi connectivity index (χ4n) is 5.54. The fraction of sp³-hybridized carbons (Fsp3) is 0.519. The predicted octanol–water partition coefficient (Wildman–Crippen LogP) is 4.62. The van der Waals surface area contributed by atoms with Crippen molar-refractivity contribution in [2.24, 2.45) is 11.3 Å². The first-order valence-electron chi connectivity index (χ1n) is 12.2. The molecule has 0 spiro atoms. The lowest BCUT2D eigenvalue weighted by Crippen LogP contribution is -2.54. The lowest BCUT2D eigenvalue weighted by atomic mass is 9.73. The smallest absolute Gasteiger partial charge is 0.228 e. The summed E-state index contributed by atoms with van der Waals surface area (Å²) in [6, 6.07) is 12.3. The number of aromatic nitrogens is 1. The van der Waals surface area contributed by atoms with E-state index in [1.807, 2.05) is 36.2 Å². The maximum Gasteiger partial charge on any atom is 0.228 e. The van der Waals surface area contributed by atoms with E-state index < -0.39 is 5.41 Å². The summed E-state index contributed by atoms with van der Waals surface area (Å²) in [4.78, 5) is 32.8. The zero-order valence-corrected chi connectivity index (χ0v) is 19.2. The van der Waals surface area contributed by atoms with Crippen molar-refractivity contribution in [2.75, 3.05) is 19.6 Å². The van der Waals surface area contributed by atoms with Gasteiger partial charge in [0, 0.05) is 44.0 Å². The number of hydrogen-bond donors (Lipinski definition) is 1. The number of amides is 2. The molecule has 0 unspecified atom stereocenters. The Bertz CT molecular complexity index is 924. The Kier molecular flexibility index (Phi) is 7.23. The molecule has 5 heteroatoms. The zero-order chi connectivity index (χ0) is 22.4. The van der Waals surface area contributed by atoms with E-state index in [0.29, 0.717) is 31.8 Å². The number of nitrogens with zero attached hydrogens (tertiary/aromatic N) is 2. The van der Waals surface area contributed by atoms with Gasteiger partial charge >= 0.3 is 0 Å². The van der Waals surface area contributed by atoms with Gasteiger partial charge in [-0.1, -0.05) is 43.2 Å². The number of pyridine rings is 1. The third-order valence-corrected chi connectivity index (χ3v) is 7.21. The molecule has 1 aromatic heterocycles. The van der Waals surface area contributed by atoms with E-state index in [1.165, 1.54) is 25.7 Å². The highest BCUT2D eigenvalue weighted by Crippen LogP contribution is 2.38. The number of benzene rings is 1. The lowest BCUT2D eigenvalue weighted by molar-refractivity contribution is -0.142. The molecular weight excluding hydrogens is 398 g/mol. The van der Waals surface area contributed by atoms with Gasteiger partial charge in [0.15, 0.2) is 0 Å². The van der Waals surface area contributed by atoms with Crippen molar-refractivity contribution in [3.8, 4) is 11.1 Å². The second-order valence-corrected chi connectivity index (χ2v) is 9.49. The molecule has 1 atom stereocenters. The molecule has 0 radical (unpaired) electrons. The number of hydrogen-bond acceptors (Lipinski definition) is 3. The molecule has 2 fully saturated rings. The van der Waals surface area contributed by atoms with Crippen LogP contribution in [0.4, 0.5) is 0 Å². The van der Waals surface area contributed by atoms with Gasteiger partial charge in [-0.25, -0.2) is 0 Å². The van der Waals surface area contributed by atoms with Gasteiger partial charge in [-0.2, -0.15) is 0 Å². The van der Waals surface area contributed by atoms with Crippen molar-refractivity contribution in [1.29, 1.82) is 0 Å². The normalized spacial score (nSPS) is 21.5. The Hall–Kier alpha value is -2.69. The van der Waals surface area contributed by atoms with Crippen molar-refractivity contribution >= 4 is 11.8 Å². The maximum absolute atomic E-state index is 13.4. The van der Waals surface area contributed by atoms with E-state index in [-0.39, 0.29) is 11.8 Å². The minimum Gasteiger partial charge on any atom is -0.356 e. The molecule has 4 rings (SSSR count). The predicted molar refractivity (Wildman–Crippen MR) is 127 cm³/mol. The topological polar surface area (TPSA) is 62.3 Å². The second kappa shape index (κ2) is 10.3. The third kappa shape index (κ3) is 5.03. The number of piperidine rings is 1. The summed E-state index contributed by atoms with van der Waals surface area (Å²) in [6.07, 6.45) is 11.4. The Morgan fingerprint density at radius 2 is 1.94 bits per heavy atom. The van der Waals surface area contributed by atoms with E-state index in [9.17, 15) is 9.59 Å². The molecule has 170 valence electrons. The number of carbonyl (C=O) groups excluding carboxylic acids is 2. The van der Waals surface area contributed by atoms with E-state index in [4.69, 9.17) is 0 Å². The summed E-state index contributed by atoms with van der Waals surface area (Å²) >= 11 is 0. The van der Waals surface area contributed by atoms with Crippen molar-refractivity contribution in [3.05, 3.63) is 54.4 Å². The Morgan fingerprint density at radius 1 is 1.12 bits per heavy atom. The molecule has 2 aromatic rings. The van der Waals surface area contributed by atoms with Crippen LogP contribution in [-0.4, -0.2) is 41.3 Å². The van der Waals surface area contributed by atoms with Crippen molar-refractivity contribution < 1.29 is 9.59 Å². The monoisotopic (exact) mass is 433 g/mol. The molecule has 32 heavy (non-hydrogen) atoms. The van der Waals surface area contributed by atoms with Crippen LogP contribution in [0.1, 0.15) is 57.4 Å². The number of nitrogens with one attached hydrogen (secondary N) is 1. The number of carbonyl (C=O) groups is 2. The van der Waals surface area contributed by atoms with Gasteiger partial charge in [0.05, 0.1) is 5.41 Å². The van der Waals surface area contributed by atoms with Gasteiger partial charge in [-0.3, -0.25) is 14.6 Å². The van der Waals surface area contributed by atoms with Crippen LogP contribution in [0.15, 0.2) is 48.8 Å². The first-order valence-corrected chi connectivity index (χ1v) is 12.2. The first-order chi connectivity index (χ1) is 15.6.